The fraction of sp³-hybridized carbons (Fsp3) is 0.375. The highest BCUT2D eigenvalue weighted by atomic mass is 16.2. The second-order valence-corrected chi connectivity index (χ2v) is 7.83. The van der Waals surface area contributed by atoms with Gasteiger partial charge in [-0.25, -0.2) is 0 Å². The number of nitrogens with one attached hydrogen (secondary N) is 3. The van der Waals surface area contributed by atoms with Crippen molar-refractivity contribution < 1.29 is 14.4 Å². The Balaban J connectivity index is 1.56. The highest BCUT2D eigenvalue weighted by Crippen LogP contribution is 2.23. The van der Waals surface area contributed by atoms with Crippen molar-refractivity contribution in [2.45, 2.75) is 45.1 Å². The molecule has 3 rings (SSSR count). The molecule has 3 amide bonds. The molecule has 0 aromatic heterocycles. The van der Waals surface area contributed by atoms with Crippen molar-refractivity contribution in [3.8, 4) is 0 Å². The van der Waals surface area contributed by atoms with Gasteiger partial charge in [-0.1, -0.05) is 62.2 Å². The van der Waals surface area contributed by atoms with Crippen molar-refractivity contribution in [1.82, 2.24) is 10.6 Å². The topological polar surface area (TPSA) is 87.3 Å². The zero-order valence-electron chi connectivity index (χ0n) is 17.3. The molecule has 0 unspecified atom stereocenters. The molecular formula is C24H29N3O3. The lowest BCUT2D eigenvalue weighted by Crippen LogP contribution is -2.46. The smallest absolute Gasteiger partial charge is 0.313 e. The first-order chi connectivity index (χ1) is 14.5. The highest BCUT2D eigenvalue weighted by Gasteiger charge is 2.26. The molecule has 2 atom stereocenters. The predicted octanol–water partition coefficient (Wildman–Crippen LogP) is 3.29. The maximum absolute atomic E-state index is 12.6. The summed E-state index contributed by atoms with van der Waals surface area (Å²) in [6.07, 6.45) is 4.87. The Morgan fingerprint density at radius 3 is 2.37 bits per heavy atom. The van der Waals surface area contributed by atoms with E-state index in [0.29, 0.717) is 30.1 Å². The molecule has 2 aromatic carbocycles. The molecule has 3 N–H and O–H groups in total. The third kappa shape index (κ3) is 5.92. The zero-order chi connectivity index (χ0) is 21.3. The van der Waals surface area contributed by atoms with Crippen molar-refractivity contribution in [2.75, 3.05) is 11.9 Å². The number of benzene rings is 2. The van der Waals surface area contributed by atoms with Crippen LogP contribution in [0.2, 0.25) is 0 Å². The summed E-state index contributed by atoms with van der Waals surface area (Å²) in [5.74, 6) is -1.34. The second kappa shape index (κ2) is 10.6. The van der Waals surface area contributed by atoms with Gasteiger partial charge in [0.2, 0.25) is 0 Å². The van der Waals surface area contributed by atoms with Crippen LogP contribution in [0.1, 0.15) is 48.5 Å². The fourth-order valence-corrected chi connectivity index (χ4v) is 3.79. The molecule has 1 aliphatic carbocycles. The van der Waals surface area contributed by atoms with E-state index in [9.17, 15) is 14.4 Å². The largest absolute Gasteiger partial charge is 0.352 e. The SMILES string of the molecule is C[C@@H]1CCCC[C@H]1NC(=O)C(=O)Nc1ccccc1C(=O)NCCc1ccccc1. The number of hydrogen-bond donors (Lipinski definition) is 3. The van der Waals surface area contributed by atoms with Gasteiger partial charge in [0, 0.05) is 12.6 Å². The molecular weight excluding hydrogens is 378 g/mol. The van der Waals surface area contributed by atoms with Crippen molar-refractivity contribution in [2.24, 2.45) is 5.92 Å². The summed E-state index contributed by atoms with van der Waals surface area (Å²) >= 11 is 0. The molecule has 0 bridgehead atoms. The number of hydrogen-bond acceptors (Lipinski definition) is 3. The standard InChI is InChI=1S/C24H29N3O3/c1-17-9-5-7-13-20(17)26-23(29)24(30)27-21-14-8-6-12-19(21)22(28)25-16-15-18-10-3-2-4-11-18/h2-4,6,8,10-12,14,17,20H,5,7,9,13,15-16H2,1H3,(H,25,28)(H,26,29)(H,27,30)/t17-,20-/m1/s1. The van der Waals surface area contributed by atoms with Crippen molar-refractivity contribution in [3.63, 3.8) is 0 Å². The van der Waals surface area contributed by atoms with Crippen molar-refractivity contribution in [1.29, 1.82) is 0 Å². The van der Waals surface area contributed by atoms with Gasteiger partial charge in [0.05, 0.1) is 11.3 Å². The van der Waals surface area contributed by atoms with Crippen LogP contribution >= 0.6 is 0 Å². The number of amides is 3. The molecule has 6 nitrogen and oxygen atoms in total. The van der Waals surface area contributed by atoms with Gasteiger partial charge in [-0.2, -0.15) is 0 Å². The molecule has 1 aliphatic rings. The summed E-state index contributed by atoms with van der Waals surface area (Å²) in [5, 5.41) is 8.30. The summed E-state index contributed by atoms with van der Waals surface area (Å²) in [6, 6.07) is 16.6. The fourth-order valence-electron chi connectivity index (χ4n) is 3.79. The predicted molar refractivity (Wildman–Crippen MR) is 117 cm³/mol. The lowest BCUT2D eigenvalue weighted by Gasteiger charge is -2.29. The first kappa shape index (κ1) is 21.6. The van der Waals surface area contributed by atoms with Gasteiger partial charge >= 0.3 is 11.8 Å². The van der Waals surface area contributed by atoms with E-state index in [0.717, 1.165) is 31.2 Å². The lowest BCUT2D eigenvalue weighted by atomic mass is 9.86. The molecule has 30 heavy (non-hydrogen) atoms. The summed E-state index contributed by atoms with van der Waals surface area (Å²) < 4.78 is 0. The van der Waals surface area contributed by atoms with E-state index < -0.39 is 11.8 Å². The first-order valence-electron chi connectivity index (χ1n) is 10.6. The normalized spacial score (nSPS) is 18.3. The van der Waals surface area contributed by atoms with Crippen LogP contribution in [0.25, 0.3) is 0 Å². The summed E-state index contributed by atoms with van der Waals surface area (Å²) in [5.41, 5.74) is 1.79. The highest BCUT2D eigenvalue weighted by molar-refractivity contribution is 6.40. The van der Waals surface area contributed by atoms with Crippen molar-refractivity contribution in [3.05, 3.63) is 65.7 Å². The summed E-state index contributed by atoms with van der Waals surface area (Å²) in [7, 11) is 0. The number of anilines is 1. The van der Waals surface area contributed by atoms with Crippen LogP contribution in [0.5, 0.6) is 0 Å². The van der Waals surface area contributed by atoms with Crippen molar-refractivity contribution >= 4 is 23.4 Å². The second-order valence-electron chi connectivity index (χ2n) is 7.83. The van der Waals surface area contributed by atoms with Crippen LogP contribution in [0.4, 0.5) is 5.69 Å². The Morgan fingerprint density at radius 1 is 0.900 bits per heavy atom. The van der Waals surface area contributed by atoms with Crippen LogP contribution in [-0.2, 0) is 16.0 Å². The number of rotatable bonds is 6. The maximum atomic E-state index is 12.6. The number of carbonyl (C=O) groups is 3. The minimum Gasteiger partial charge on any atom is -0.352 e. The van der Waals surface area contributed by atoms with Gasteiger partial charge in [0.15, 0.2) is 0 Å². The molecule has 0 aliphatic heterocycles. The summed E-state index contributed by atoms with van der Waals surface area (Å²) in [6.45, 7) is 2.57. The van der Waals surface area contributed by atoms with Crippen LogP contribution in [0.3, 0.4) is 0 Å². The summed E-state index contributed by atoms with van der Waals surface area (Å²) in [4.78, 5) is 37.4. The quantitative estimate of drug-likeness (QED) is 0.642. The van der Waals surface area contributed by atoms with Gasteiger partial charge in [-0.05, 0) is 42.9 Å². The Hall–Kier alpha value is -3.15. The number of para-hydroxylation sites is 1. The molecule has 0 radical (unpaired) electrons. The van der Waals surface area contributed by atoms with Gasteiger partial charge in [0.25, 0.3) is 5.91 Å². The molecule has 158 valence electrons. The van der Waals surface area contributed by atoms with Crippen LogP contribution in [-0.4, -0.2) is 30.3 Å². The van der Waals surface area contributed by atoms with E-state index in [4.69, 9.17) is 0 Å². The molecule has 2 aromatic rings. The van der Waals surface area contributed by atoms with E-state index in [1.807, 2.05) is 30.3 Å². The minimum atomic E-state index is -0.752. The maximum Gasteiger partial charge on any atom is 0.313 e. The van der Waals surface area contributed by atoms with E-state index in [2.05, 4.69) is 22.9 Å². The van der Waals surface area contributed by atoms with E-state index in [-0.39, 0.29) is 11.9 Å². The zero-order valence-corrected chi connectivity index (χ0v) is 17.3. The van der Waals surface area contributed by atoms with Gasteiger partial charge < -0.3 is 16.0 Å². The van der Waals surface area contributed by atoms with Gasteiger partial charge in [-0.15, -0.1) is 0 Å². The van der Waals surface area contributed by atoms with Gasteiger partial charge in [-0.3, -0.25) is 14.4 Å². The van der Waals surface area contributed by atoms with Crippen LogP contribution in [0, 0.1) is 5.92 Å². The third-order valence-electron chi connectivity index (χ3n) is 5.60. The molecule has 1 saturated carbocycles. The first-order valence-corrected chi connectivity index (χ1v) is 10.6. The average molecular weight is 408 g/mol. The molecule has 0 saturated heterocycles. The minimum absolute atomic E-state index is 0.0218. The van der Waals surface area contributed by atoms with E-state index >= 15 is 0 Å². The lowest BCUT2D eigenvalue weighted by molar-refractivity contribution is -0.137. The third-order valence-corrected chi connectivity index (χ3v) is 5.60. The Labute approximate surface area is 177 Å². The average Bonchev–Trinajstić information content (AvgIpc) is 2.76. The Bertz CT molecular complexity index is 882. The van der Waals surface area contributed by atoms with Gasteiger partial charge in [0.1, 0.15) is 0 Å². The molecule has 6 heteroatoms. The van der Waals surface area contributed by atoms with Crippen LogP contribution < -0.4 is 16.0 Å². The Kier molecular flexibility index (Phi) is 7.60. The molecule has 0 heterocycles. The molecule has 1 fully saturated rings. The molecule has 0 spiro atoms. The number of carbonyl (C=O) groups excluding carboxylic acids is 3. The van der Waals surface area contributed by atoms with E-state index in [1.54, 1.807) is 24.3 Å². The Morgan fingerprint density at radius 2 is 1.60 bits per heavy atom. The monoisotopic (exact) mass is 407 g/mol. The van der Waals surface area contributed by atoms with Crippen LogP contribution in [0.15, 0.2) is 54.6 Å². The van der Waals surface area contributed by atoms with E-state index in [1.165, 1.54) is 0 Å².